The van der Waals surface area contributed by atoms with E-state index in [0.717, 1.165) is 0 Å². The first kappa shape index (κ1) is 34.2. The number of alkyl carbamates (subject to hydrolysis) is 2. The Morgan fingerprint density at radius 2 is 0.778 bits per heavy atom. The third kappa shape index (κ3) is 18.4. The quantitative estimate of drug-likeness (QED) is 0.177. The molecule has 0 bridgehead atoms. The summed E-state index contributed by atoms with van der Waals surface area (Å²) < 4.78 is 21.4. The fourth-order valence-electron chi connectivity index (χ4n) is 2.22. The van der Waals surface area contributed by atoms with Crippen molar-refractivity contribution in [1.82, 2.24) is 10.6 Å². The molecule has 0 aromatic carbocycles. The Morgan fingerprint density at radius 3 is 1.00 bits per heavy atom. The van der Waals surface area contributed by atoms with Gasteiger partial charge < -0.3 is 29.6 Å². The molecular formula is C24H44N2O8S2. The minimum Gasteiger partial charge on any atom is -0.458 e. The van der Waals surface area contributed by atoms with E-state index >= 15 is 0 Å². The zero-order valence-electron chi connectivity index (χ0n) is 23.7. The minimum absolute atomic E-state index is 0.131. The van der Waals surface area contributed by atoms with Gasteiger partial charge in [0.15, 0.2) is 0 Å². The van der Waals surface area contributed by atoms with Crippen molar-refractivity contribution in [3.8, 4) is 0 Å². The number of hydrogen-bond acceptors (Lipinski definition) is 10. The molecule has 36 heavy (non-hydrogen) atoms. The maximum atomic E-state index is 12.7. The van der Waals surface area contributed by atoms with Crippen LogP contribution in [0.2, 0.25) is 0 Å². The first-order valence-corrected chi connectivity index (χ1v) is 14.2. The summed E-state index contributed by atoms with van der Waals surface area (Å²) in [6.07, 6.45) is -1.50. The third-order valence-electron chi connectivity index (χ3n) is 3.32. The Kier molecular flexibility index (Phi) is 13.0. The highest BCUT2D eigenvalue weighted by Gasteiger charge is 2.31. The van der Waals surface area contributed by atoms with Gasteiger partial charge in [0.2, 0.25) is 0 Å². The first-order chi connectivity index (χ1) is 16.0. The summed E-state index contributed by atoms with van der Waals surface area (Å²) in [6.45, 7) is 20.7. The van der Waals surface area contributed by atoms with Crippen molar-refractivity contribution in [2.45, 2.75) is 118 Å². The van der Waals surface area contributed by atoms with E-state index in [1.54, 1.807) is 83.1 Å². The van der Waals surface area contributed by atoms with Crippen LogP contribution in [-0.2, 0) is 28.5 Å². The molecule has 12 heteroatoms. The molecule has 0 spiro atoms. The molecule has 2 amide bonds. The van der Waals surface area contributed by atoms with Gasteiger partial charge in [-0.15, -0.1) is 0 Å². The Hall–Kier alpha value is -1.82. The molecule has 210 valence electrons. The van der Waals surface area contributed by atoms with Crippen LogP contribution in [-0.4, -0.2) is 70.1 Å². The van der Waals surface area contributed by atoms with Crippen molar-refractivity contribution in [2.24, 2.45) is 0 Å². The fourth-order valence-corrected chi connectivity index (χ4v) is 4.51. The van der Waals surface area contributed by atoms with E-state index in [0.29, 0.717) is 0 Å². The van der Waals surface area contributed by atoms with E-state index in [2.05, 4.69) is 10.6 Å². The van der Waals surface area contributed by atoms with Gasteiger partial charge in [0.05, 0.1) is 0 Å². The average molecular weight is 553 g/mol. The van der Waals surface area contributed by atoms with E-state index in [4.69, 9.17) is 18.9 Å². The second-order valence-electron chi connectivity index (χ2n) is 12.0. The van der Waals surface area contributed by atoms with Crippen LogP contribution in [0.3, 0.4) is 0 Å². The number of carbonyl (C=O) groups is 4. The summed E-state index contributed by atoms with van der Waals surface area (Å²) in [4.78, 5) is 49.9. The Bertz CT molecular complexity index is 698. The normalized spacial score (nSPS) is 14.2. The molecule has 0 heterocycles. The van der Waals surface area contributed by atoms with Crippen LogP contribution < -0.4 is 10.6 Å². The summed E-state index contributed by atoms with van der Waals surface area (Å²) in [5, 5.41) is 5.09. The second-order valence-corrected chi connectivity index (χ2v) is 14.6. The zero-order valence-corrected chi connectivity index (χ0v) is 25.3. The Labute approximate surface area is 223 Å². The number of nitrogens with one attached hydrogen (secondary N) is 2. The predicted octanol–water partition coefficient (Wildman–Crippen LogP) is 4.84. The van der Waals surface area contributed by atoms with Crippen LogP contribution in [0, 0.1) is 0 Å². The smallest absolute Gasteiger partial charge is 0.408 e. The van der Waals surface area contributed by atoms with Gasteiger partial charge in [-0.05, 0) is 83.1 Å². The van der Waals surface area contributed by atoms with Gasteiger partial charge in [-0.3, -0.25) is 0 Å². The molecule has 0 radical (unpaired) electrons. The average Bonchev–Trinajstić information content (AvgIpc) is 2.56. The van der Waals surface area contributed by atoms with Gasteiger partial charge in [0.1, 0.15) is 34.5 Å². The number of rotatable bonds is 9. The molecule has 0 saturated heterocycles. The number of hydrogen-bond donors (Lipinski definition) is 2. The molecule has 0 saturated carbocycles. The largest absolute Gasteiger partial charge is 0.458 e. The lowest BCUT2D eigenvalue weighted by molar-refractivity contribution is -0.157. The van der Waals surface area contributed by atoms with Crippen LogP contribution in [0.5, 0.6) is 0 Å². The van der Waals surface area contributed by atoms with Crippen molar-refractivity contribution in [3.05, 3.63) is 0 Å². The van der Waals surface area contributed by atoms with E-state index in [-0.39, 0.29) is 11.5 Å². The zero-order chi connectivity index (χ0) is 28.5. The number of esters is 2. The number of ether oxygens (including phenoxy) is 4. The highest BCUT2D eigenvalue weighted by Crippen LogP contribution is 2.25. The molecule has 0 rings (SSSR count). The maximum absolute atomic E-state index is 12.7. The molecule has 0 aromatic heterocycles. The van der Waals surface area contributed by atoms with Crippen LogP contribution in [0.4, 0.5) is 9.59 Å². The first-order valence-electron chi connectivity index (χ1n) is 11.7. The Morgan fingerprint density at radius 1 is 0.528 bits per heavy atom. The highest BCUT2D eigenvalue weighted by atomic mass is 33.1. The van der Waals surface area contributed by atoms with E-state index < -0.39 is 58.6 Å². The molecule has 10 nitrogen and oxygen atoms in total. The summed E-state index contributed by atoms with van der Waals surface area (Å²) >= 11 is 0. The SMILES string of the molecule is CC(C)(C)OC(=O)N[C@@H](CSSC[C@H](NC(=O)OC(C)(C)C)C(=O)OC(C)(C)C)C(=O)OC(C)(C)C. The van der Waals surface area contributed by atoms with Crippen molar-refractivity contribution < 1.29 is 38.1 Å². The maximum Gasteiger partial charge on any atom is 0.408 e. The highest BCUT2D eigenvalue weighted by molar-refractivity contribution is 8.76. The van der Waals surface area contributed by atoms with Gasteiger partial charge in [-0.25, -0.2) is 19.2 Å². The van der Waals surface area contributed by atoms with E-state index in [1.807, 2.05) is 0 Å². The van der Waals surface area contributed by atoms with Gasteiger partial charge in [0, 0.05) is 11.5 Å². The van der Waals surface area contributed by atoms with E-state index in [9.17, 15) is 19.2 Å². The van der Waals surface area contributed by atoms with Crippen LogP contribution in [0.15, 0.2) is 0 Å². The van der Waals surface area contributed by atoms with Gasteiger partial charge in [-0.2, -0.15) is 0 Å². The monoisotopic (exact) mass is 552 g/mol. The Balaban J connectivity index is 5.27. The lowest BCUT2D eigenvalue weighted by Crippen LogP contribution is -2.48. The summed E-state index contributed by atoms with van der Waals surface area (Å²) in [7, 11) is 2.45. The lowest BCUT2D eigenvalue weighted by atomic mass is 10.2. The molecule has 0 aliphatic rings. The lowest BCUT2D eigenvalue weighted by Gasteiger charge is -2.27. The minimum atomic E-state index is -0.990. The second kappa shape index (κ2) is 13.6. The van der Waals surface area contributed by atoms with Gasteiger partial charge in [-0.1, -0.05) is 21.6 Å². The molecule has 0 aliphatic heterocycles. The molecule has 0 fully saturated rings. The molecule has 2 atom stereocenters. The topological polar surface area (TPSA) is 129 Å². The molecule has 0 aliphatic carbocycles. The third-order valence-corrected chi connectivity index (χ3v) is 5.74. The van der Waals surface area contributed by atoms with Crippen LogP contribution >= 0.6 is 21.6 Å². The molecular weight excluding hydrogens is 508 g/mol. The fraction of sp³-hybridized carbons (Fsp3) is 0.833. The molecule has 0 unspecified atom stereocenters. The van der Waals surface area contributed by atoms with Crippen LogP contribution in [0.25, 0.3) is 0 Å². The standard InChI is InChI=1S/C24H44N2O8S2/c1-21(2,3)31-17(27)15(25-19(29)33-23(7,8)9)13-35-36-14-16(18(28)32-22(4,5)6)26-20(30)34-24(10,11)12/h15-16H,13-14H2,1-12H3,(H,25,29)(H,26,30)/t15-,16-/m0/s1. The number of amides is 2. The molecule has 2 N–H and O–H groups in total. The van der Waals surface area contributed by atoms with Crippen molar-refractivity contribution in [2.75, 3.05) is 11.5 Å². The van der Waals surface area contributed by atoms with Gasteiger partial charge >= 0.3 is 24.1 Å². The van der Waals surface area contributed by atoms with Crippen molar-refractivity contribution >= 4 is 45.7 Å². The summed E-state index contributed by atoms with van der Waals surface area (Å²) in [5.74, 6) is -0.965. The molecule has 0 aromatic rings. The van der Waals surface area contributed by atoms with Gasteiger partial charge in [0.25, 0.3) is 0 Å². The summed E-state index contributed by atoms with van der Waals surface area (Å²) in [5.41, 5.74) is -2.97. The number of carbonyl (C=O) groups excluding carboxylic acids is 4. The predicted molar refractivity (Wildman–Crippen MR) is 143 cm³/mol. The van der Waals surface area contributed by atoms with E-state index in [1.165, 1.54) is 21.6 Å². The summed E-state index contributed by atoms with van der Waals surface area (Å²) in [6, 6.07) is -1.98. The van der Waals surface area contributed by atoms with Crippen molar-refractivity contribution in [1.29, 1.82) is 0 Å². The van der Waals surface area contributed by atoms with Crippen molar-refractivity contribution in [3.63, 3.8) is 0 Å². The van der Waals surface area contributed by atoms with Crippen LogP contribution in [0.1, 0.15) is 83.1 Å².